The van der Waals surface area contributed by atoms with E-state index in [1.54, 1.807) is 0 Å². The maximum atomic E-state index is 6.78. The summed E-state index contributed by atoms with van der Waals surface area (Å²) in [5, 5.41) is 0. The molecule has 4 aromatic carbocycles. The molecule has 55 heavy (non-hydrogen) atoms. The third kappa shape index (κ3) is 9.97. The van der Waals surface area contributed by atoms with Crippen LogP contribution in [0.25, 0.3) is 0 Å². The predicted octanol–water partition coefficient (Wildman–Crippen LogP) is 13.9. The van der Waals surface area contributed by atoms with Crippen LogP contribution in [0.2, 0.25) is 0 Å². The van der Waals surface area contributed by atoms with Gasteiger partial charge >= 0.3 is 0 Å². The number of nitrogens with zero attached hydrogens (tertiary/aromatic N) is 2. The molecule has 0 aliphatic carbocycles. The van der Waals surface area contributed by atoms with Gasteiger partial charge in [0.2, 0.25) is 5.88 Å². The summed E-state index contributed by atoms with van der Waals surface area (Å²) in [6.07, 6.45) is 7.20. The number of aryl methyl sites for hydroxylation is 2. The molecule has 0 saturated heterocycles. The van der Waals surface area contributed by atoms with Crippen molar-refractivity contribution in [1.29, 1.82) is 0 Å². The molecule has 0 unspecified atom stereocenters. The van der Waals surface area contributed by atoms with E-state index in [1.807, 2.05) is 18.2 Å². The van der Waals surface area contributed by atoms with Crippen molar-refractivity contribution in [1.82, 2.24) is 0 Å². The average molecular weight is 743 g/mol. The van der Waals surface area contributed by atoms with Crippen molar-refractivity contribution in [3.8, 4) is 11.5 Å². The van der Waals surface area contributed by atoms with Crippen molar-refractivity contribution in [3.63, 3.8) is 0 Å². The van der Waals surface area contributed by atoms with Gasteiger partial charge in [0.1, 0.15) is 23.9 Å². The third-order valence-corrected chi connectivity index (χ3v) is 10.6. The van der Waals surface area contributed by atoms with Gasteiger partial charge in [0.15, 0.2) is 0 Å². The molecule has 0 N–H and O–H groups in total. The van der Waals surface area contributed by atoms with E-state index in [2.05, 4.69) is 146 Å². The summed E-state index contributed by atoms with van der Waals surface area (Å²) in [7, 11) is 0. The lowest BCUT2D eigenvalue weighted by atomic mass is 9.91. The van der Waals surface area contributed by atoms with E-state index in [1.165, 1.54) is 39.2 Å². The first-order valence-electron chi connectivity index (χ1n) is 20.7. The van der Waals surface area contributed by atoms with Gasteiger partial charge in [-0.2, -0.15) is 0 Å². The Labute approximate surface area is 333 Å². The van der Waals surface area contributed by atoms with Crippen molar-refractivity contribution < 1.29 is 14.2 Å². The van der Waals surface area contributed by atoms with E-state index in [0.29, 0.717) is 43.5 Å². The van der Waals surface area contributed by atoms with E-state index >= 15 is 0 Å². The molecule has 0 amide bonds. The summed E-state index contributed by atoms with van der Waals surface area (Å²) in [5.74, 6) is 5.06. The van der Waals surface area contributed by atoms with E-state index in [-0.39, 0.29) is 0 Å². The Bertz CT molecular complexity index is 1850. The molecule has 0 aromatic heterocycles. The van der Waals surface area contributed by atoms with Crippen molar-refractivity contribution >= 4 is 11.4 Å². The highest BCUT2D eigenvalue weighted by Crippen LogP contribution is 2.46. The van der Waals surface area contributed by atoms with Gasteiger partial charge in [-0.05, 0) is 114 Å². The van der Waals surface area contributed by atoms with Gasteiger partial charge in [-0.15, -0.1) is 0 Å². The molecule has 294 valence electrons. The topological polar surface area (TPSA) is 34.2 Å². The number of hydrogen-bond acceptors (Lipinski definition) is 5. The van der Waals surface area contributed by atoms with E-state index in [9.17, 15) is 0 Å². The van der Waals surface area contributed by atoms with Gasteiger partial charge in [-0.1, -0.05) is 136 Å². The Hall–Kier alpha value is -4.64. The van der Waals surface area contributed by atoms with Crippen molar-refractivity contribution in [2.45, 2.75) is 132 Å². The predicted molar refractivity (Wildman–Crippen MR) is 233 cm³/mol. The number of ether oxygens (including phenoxy) is 3. The summed E-state index contributed by atoms with van der Waals surface area (Å²) < 4.78 is 19.3. The van der Waals surface area contributed by atoms with Crippen LogP contribution in [0.15, 0.2) is 103 Å². The first-order valence-corrected chi connectivity index (χ1v) is 20.7. The molecule has 5 heteroatoms. The fourth-order valence-electron chi connectivity index (χ4n) is 7.59. The lowest BCUT2D eigenvalue weighted by Crippen LogP contribution is -2.28. The van der Waals surface area contributed by atoms with Crippen LogP contribution in [0, 0.1) is 6.92 Å². The Morgan fingerprint density at radius 3 is 1.65 bits per heavy atom. The van der Waals surface area contributed by atoms with Crippen LogP contribution < -0.4 is 19.3 Å². The summed E-state index contributed by atoms with van der Waals surface area (Å²) in [6.45, 7) is 29.2. The minimum Gasteiger partial charge on any atom is -0.493 e. The van der Waals surface area contributed by atoms with E-state index < -0.39 is 0 Å². The minimum absolute atomic E-state index is 0.344. The third-order valence-electron chi connectivity index (χ3n) is 10.6. The smallest absolute Gasteiger partial charge is 0.217 e. The minimum atomic E-state index is 0.344. The number of anilines is 2. The summed E-state index contributed by atoms with van der Waals surface area (Å²) in [6, 6.07) is 28.0. The normalized spacial score (nSPS) is 13.1. The number of benzene rings is 4. The monoisotopic (exact) mass is 743 g/mol. The van der Waals surface area contributed by atoms with E-state index in [0.717, 1.165) is 66.4 Å². The second-order valence-electron chi connectivity index (χ2n) is 16.2. The Balaban J connectivity index is 1.26. The molecule has 1 aliphatic heterocycles. The lowest BCUT2D eigenvalue weighted by molar-refractivity contribution is 0.201. The van der Waals surface area contributed by atoms with E-state index in [4.69, 9.17) is 20.8 Å². The molecule has 0 radical (unpaired) electrons. The quantitative estimate of drug-likeness (QED) is 0.0894. The number of unbranched alkanes of at least 4 members (excludes halogenated alkanes) is 3. The first-order chi connectivity index (χ1) is 26.4. The summed E-state index contributed by atoms with van der Waals surface area (Å²) in [4.78, 5) is 4.60. The molecule has 0 fully saturated rings. The molecule has 5 rings (SSSR count). The Kier molecular flexibility index (Phi) is 14.6. The van der Waals surface area contributed by atoms with Crippen LogP contribution in [0.5, 0.6) is 11.5 Å². The van der Waals surface area contributed by atoms with Crippen molar-refractivity contribution in [2.75, 3.05) is 23.0 Å². The molecule has 1 heterocycles. The van der Waals surface area contributed by atoms with Gasteiger partial charge in [-0.25, -0.2) is 0 Å². The molecule has 4 aromatic rings. The van der Waals surface area contributed by atoms with Gasteiger partial charge < -0.3 is 14.2 Å². The number of hydrogen-bond donors (Lipinski definition) is 0. The molecule has 0 saturated carbocycles. The van der Waals surface area contributed by atoms with Crippen molar-refractivity contribution in [2.24, 2.45) is 0 Å². The maximum Gasteiger partial charge on any atom is 0.217 e. The first kappa shape index (κ1) is 41.5. The van der Waals surface area contributed by atoms with Crippen LogP contribution >= 0.6 is 0 Å². The molecule has 0 bridgehead atoms. The van der Waals surface area contributed by atoms with Crippen LogP contribution in [-0.2, 0) is 17.8 Å². The highest BCUT2D eigenvalue weighted by Gasteiger charge is 2.35. The zero-order chi connectivity index (χ0) is 39.6. The van der Waals surface area contributed by atoms with Crippen molar-refractivity contribution in [3.05, 3.63) is 142 Å². The average Bonchev–Trinajstić information content (AvgIpc) is 3.49. The zero-order valence-corrected chi connectivity index (χ0v) is 35.4. The molecular weight excluding hydrogens is 677 g/mol. The fraction of sp³-hybridized carbons (Fsp3) is 0.440. The molecule has 0 atom stereocenters. The highest BCUT2D eigenvalue weighted by molar-refractivity contribution is 5.77. The van der Waals surface area contributed by atoms with Crippen LogP contribution in [0.3, 0.4) is 0 Å². The highest BCUT2D eigenvalue weighted by atomic mass is 16.5. The number of para-hydroxylation sites is 2. The van der Waals surface area contributed by atoms with Crippen LogP contribution in [-0.4, -0.2) is 13.2 Å². The SMILES string of the molecule is C=C1N(c2c(C(C)C)cccc2C(C)C)C=C(OCCCCCCOc2c(C)cc(OCc3ccccc3)cc2CC)N1c1c(C(C)C)cccc1C(C)C. The van der Waals surface area contributed by atoms with Gasteiger partial charge in [0.25, 0.3) is 0 Å². The molecule has 5 nitrogen and oxygen atoms in total. The standard InChI is InChI=1S/C50H66N2O3/c1-12-41-31-42(55-33-40-22-16-15-17-23-40)30-38(10)50(41)54-29-19-14-13-18-28-53-47-32-51(48-43(34(2)3)24-20-25-44(48)35(4)5)39(11)52(47)49-45(36(6)7)26-21-27-46(49)37(8)9/h15-17,20-27,30-32,34-37H,11-14,18-19,28-29,33H2,1-10H3. The number of rotatable bonds is 19. The van der Waals surface area contributed by atoms with Crippen LogP contribution in [0.1, 0.15) is 151 Å². The Morgan fingerprint density at radius 2 is 1.13 bits per heavy atom. The fourth-order valence-corrected chi connectivity index (χ4v) is 7.59. The Morgan fingerprint density at radius 1 is 0.600 bits per heavy atom. The second kappa shape index (κ2) is 19.3. The molecular formula is C50H66N2O3. The van der Waals surface area contributed by atoms with Gasteiger partial charge in [0.05, 0.1) is 30.8 Å². The van der Waals surface area contributed by atoms with Gasteiger partial charge in [-0.3, -0.25) is 9.80 Å². The largest absolute Gasteiger partial charge is 0.493 e. The molecule has 1 aliphatic rings. The zero-order valence-electron chi connectivity index (χ0n) is 35.4. The van der Waals surface area contributed by atoms with Crippen LogP contribution in [0.4, 0.5) is 11.4 Å². The molecule has 0 spiro atoms. The lowest BCUT2D eigenvalue weighted by Gasteiger charge is -2.33. The van der Waals surface area contributed by atoms with Gasteiger partial charge in [0, 0.05) is 0 Å². The summed E-state index contributed by atoms with van der Waals surface area (Å²) >= 11 is 0. The second-order valence-corrected chi connectivity index (χ2v) is 16.2. The summed E-state index contributed by atoms with van der Waals surface area (Å²) in [5.41, 5.74) is 11.2. The maximum absolute atomic E-state index is 6.78.